The summed E-state index contributed by atoms with van der Waals surface area (Å²) in [7, 11) is -4.79. The van der Waals surface area contributed by atoms with E-state index in [0.29, 0.717) is 19.0 Å². The molecule has 160 valence electrons. The molecule has 4 rings (SSSR count). The van der Waals surface area contributed by atoms with E-state index in [1.807, 2.05) is 0 Å². The third-order valence-corrected chi connectivity index (χ3v) is 7.11. The number of halogens is 2. The molecule has 0 saturated carbocycles. The van der Waals surface area contributed by atoms with Crippen LogP contribution in [0.1, 0.15) is 6.42 Å². The van der Waals surface area contributed by atoms with Crippen molar-refractivity contribution >= 4 is 27.6 Å². The maximum Gasteiger partial charge on any atom is 0.336 e. The number of nitrogens with one attached hydrogen (secondary N) is 3. The van der Waals surface area contributed by atoms with Gasteiger partial charge in [-0.25, -0.2) is 26.3 Å². The van der Waals surface area contributed by atoms with E-state index in [-0.39, 0.29) is 29.0 Å². The van der Waals surface area contributed by atoms with Crippen molar-refractivity contribution in [2.75, 3.05) is 25.0 Å². The van der Waals surface area contributed by atoms with Gasteiger partial charge in [-0.1, -0.05) is 0 Å². The fourth-order valence-corrected chi connectivity index (χ4v) is 5.37. The number of anilines is 1. The smallest absolute Gasteiger partial charge is 0.336 e. The molecule has 3 amide bonds. The molecule has 3 aliphatic rings. The van der Waals surface area contributed by atoms with Gasteiger partial charge in [0.1, 0.15) is 11.4 Å². The van der Waals surface area contributed by atoms with E-state index < -0.39 is 56.8 Å². The predicted molar refractivity (Wildman–Crippen MR) is 96.4 cm³/mol. The van der Waals surface area contributed by atoms with Crippen molar-refractivity contribution in [2.24, 2.45) is 5.92 Å². The Bertz CT molecular complexity index is 1060. The first-order chi connectivity index (χ1) is 14.2. The topological polar surface area (TPSA) is 141 Å². The molecule has 3 unspecified atom stereocenters. The van der Waals surface area contributed by atoms with Gasteiger partial charge in [0.15, 0.2) is 11.6 Å². The summed E-state index contributed by atoms with van der Waals surface area (Å²) in [6.45, 7) is -0.343. The molecule has 3 aliphatic heterocycles. The molecule has 3 N–H and O–H groups in total. The van der Waals surface area contributed by atoms with Crippen LogP contribution in [0.2, 0.25) is 0 Å². The van der Waals surface area contributed by atoms with Crippen molar-refractivity contribution in [1.29, 1.82) is 5.26 Å². The zero-order valence-electron chi connectivity index (χ0n) is 15.4. The average Bonchev–Trinajstić information content (AvgIpc) is 3.09. The van der Waals surface area contributed by atoms with Crippen molar-refractivity contribution in [2.45, 2.75) is 29.5 Å². The minimum atomic E-state index is -4.79. The maximum atomic E-state index is 14.1. The van der Waals surface area contributed by atoms with Crippen LogP contribution in [0.25, 0.3) is 0 Å². The summed E-state index contributed by atoms with van der Waals surface area (Å²) in [5.74, 6) is -4.06. The number of carbonyl (C=O) groups is 2. The predicted octanol–water partition coefficient (Wildman–Crippen LogP) is -0.114. The molecular weight excluding hydrogens is 424 g/mol. The number of sulfonamides is 1. The van der Waals surface area contributed by atoms with E-state index in [2.05, 4.69) is 22.0 Å². The first-order valence-corrected chi connectivity index (χ1v) is 10.5. The lowest BCUT2D eigenvalue weighted by molar-refractivity contribution is -0.121. The quantitative estimate of drug-likeness (QED) is 0.594. The number of hydrogen-bond acceptors (Lipinski definition) is 7. The van der Waals surface area contributed by atoms with E-state index in [0.717, 1.165) is 6.07 Å². The Labute approximate surface area is 170 Å². The summed E-state index contributed by atoms with van der Waals surface area (Å²) in [5.41, 5.74) is -0.402. The van der Waals surface area contributed by atoms with Crippen LogP contribution in [0.5, 0.6) is 0 Å². The van der Waals surface area contributed by atoms with Crippen LogP contribution in [0.15, 0.2) is 17.0 Å². The van der Waals surface area contributed by atoms with Crippen molar-refractivity contribution in [3.05, 3.63) is 23.8 Å². The van der Waals surface area contributed by atoms with Gasteiger partial charge >= 0.3 is 6.03 Å². The summed E-state index contributed by atoms with van der Waals surface area (Å²) >= 11 is 0. The number of benzene rings is 1. The highest BCUT2D eigenvalue weighted by molar-refractivity contribution is 7.90. The second-order valence-electron chi connectivity index (χ2n) is 7.22. The molecule has 1 aromatic rings. The van der Waals surface area contributed by atoms with Crippen molar-refractivity contribution in [3.8, 4) is 6.07 Å². The number of nitrogens with zero attached hydrogens (tertiary/aromatic N) is 2. The van der Waals surface area contributed by atoms with E-state index in [1.165, 1.54) is 0 Å². The first kappa shape index (κ1) is 20.5. The van der Waals surface area contributed by atoms with E-state index in [1.54, 1.807) is 0 Å². The number of ether oxygens (including phenoxy) is 1. The zero-order chi connectivity index (χ0) is 21.6. The van der Waals surface area contributed by atoms with Crippen LogP contribution >= 0.6 is 0 Å². The van der Waals surface area contributed by atoms with E-state index in [9.17, 15) is 26.8 Å². The number of nitriles is 1. The zero-order valence-corrected chi connectivity index (χ0v) is 16.2. The minimum Gasteiger partial charge on any atom is -0.374 e. The fraction of sp³-hybridized carbons (Fsp3) is 0.471. The van der Waals surface area contributed by atoms with Gasteiger partial charge in [0, 0.05) is 6.54 Å². The van der Waals surface area contributed by atoms with Crippen LogP contribution in [0.3, 0.4) is 0 Å². The van der Waals surface area contributed by atoms with Gasteiger partial charge in [0.25, 0.3) is 10.0 Å². The Morgan fingerprint density at radius 2 is 2.17 bits per heavy atom. The Morgan fingerprint density at radius 1 is 1.40 bits per heavy atom. The summed E-state index contributed by atoms with van der Waals surface area (Å²) in [6.07, 6.45) is 0.227. The fourth-order valence-electron chi connectivity index (χ4n) is 3.87. The van der Waals surface area contributed by atoms with Crippen LogP contribution < -0.4 is 16.0 Å². The molecule has 4 atom stereocenters. The highest BCUT2D eigenvalue weighted by atomic mass is 32.2. The Kier molecular flexibility index (Phi) is 5.08. The molecule has 0 aliphatic carbocycles. The van der Waals surface area contributed by atoms with E-state index >= 15 is 0 Å². The minimum absolute atomic E-state index is 0.147. The summed E-state index contributed by atoms with van der Waals surface area (Å²) < 4.78 is 58.7. The molecule has 0 radical (unpaired) electrons. The van der Waals surface area contributed by atoms with Crippen LogP contribution in [-0.4, -0.2) is 62.5 Å². The number of carbonyl (C=O) groups excluding carboxylic acids is 2. The Hall–Kier alpha value is -2.82. The molecule has 3 heterocycles. The molecule has 0 spiro atoms. The van der Waals surface area contributed by atoms with Gasteiger partial charge in [-0.3, -0.25) is 4.79 Å². The Balaban J connectivity index is 1.48. The molecule has 30 heavy (non-hydrogen) atoms. The normalized spacial score (nSPS) is 29.4. The third-order valence-electron chi connectivity index (χ3n) is 5.32. The average molecular weight is 441 g/mol. The maximum absolute atomic E-state index is 14.1. The van der Waals surface area contributed by atoms with Crippen molar-refractivity contribution in [1.82, 2.24) is 14.9 Å². The Morgan fingerprint density at radius 3 is 2.90 bits per heavy atom. The lowest BCUT2D eigenvalue weighted by Gasteiger charge is -2.32. The number of rotatable bonds is 3. The van der Waals surface area contributed by atoms with Gasteiger partial charge in [-0.15, -0.1) is 0 Å². The monoisotopic (exact) mass is 441 g/mol. The SMILES string of the molecule is N#CC1CNC2C(C1)OC[C@H]2NC(=O)CN1C(=O)Nc2ccc(F)c(F)c2S1(=O)=O. The second-order valence-corrected chi connectivity index (χ2v) is 9.02. The summed E-state index contributed by atoms with van der Waals surface area (Å²) in [6, 6.07) is 1.85. The molecule has 0 bridgehead atoms. The van der Waals surface area contributed by atoms with E-state index in [4.69, 9.17) is 10.00 Å². The molecule has 0 aromatic heterocycles. The van der Waals surface area contributed by atoms with Gasteiger partial charge < -0.3 is 20.7 Å². The van der Waals surface area contributed by atoms with Crippen LogP contribution in [-0.2, 0) is 19.6 Å². The molecule has 13 heteroatoms. The van der Waals surface area contributed by atoms with Gasteiger partial charge in [-0.2, -0.15) is 5.26 Å². The van der Waals surface area contributed by atoms with Crippen molar-refractivity contribution < 1.29 is 31.5 Å². The highest BCUT2D eigenvalue weighted by Crippen LogP contribution is 2.33. The molecular formula is C17H17F2N5O5S. The molecule has 2 fully saturated rings. The number of amides is 3. The largest absolute Gasteiger partial charge is 0.374 e. The van der Waals surface area contributed by atoms with Gasteiger partial charge in [-0.05, 0) is 18.6 Å². The first-order valence-electron chi connectivity index (χ1n) is 9.08. The number of fused-ring (bicyclic) bond motifs is 2. The summed E-state index contributed by atoms with van der Waals surface area (Å²) in [4.78, 5) is 23.6. The number of urea groups is 1. The second kappa shape index (κ2) is 7.46. The standard InChI is InChI=1S/C17H17F2N5O5S/c18-9-1-2-10-16(14(9)19)30(27,28)24(17(26)23-10)6-13(25)22-11-7-29-12-3-8(4-20)5-21-15(11)12/h1-2,8,11-12,15,21H,3,5-7H2,(H,22,25)(H,23,26)/t8?,11-,12?,15?/m1/s1. The summed E-state index contributed by atoms with van der Waals surface area (Å²) in [5, 5.41) is 16.9. The molecule has 1 aromatic carbocycles. The highest BCUT2D eigenvalue weighted by Gasteiger charge is 2.44. The van der Waals surface area contributed by atoms with Gasteiger partial charge in [0.05, 0.1) is 42.5 Å². The number of hydrogen-bond donors (Lipinski definition) is 3. The third kappa shape index (κ3) is 3.36. The van der Waals surface area contributed by atoms with Crippen LogP contribution in [0, 0.1) is 28.9 Å². The molecule has 2 saturated heterocycles. The molecule has 10 nitrogen and oxygen atoms in total. The van der Waals surface area contributed by atoms with Crippen LogP contribution in [0.4, 0.5) is 19.3 Å². The lowest BCUT2D eigenvalue weighted by atomic mass is 9.91. The van der Waals surface area contributed by atoms with Crippen molar-refractivity contribution in [3.63, 3.8) is 0 Å². The lowest BCUT2D eigenvalue weighted by Crippen LogP contribution is -2.57. The van der Waals surface area contributed by atoms with Gasteiger partial charge in [0.2, 0.25) is 5.91 Å². The number of piperidine rings is 1.